The van der Waals surface area contributed by atoms with Crippen LogP contribution in [0.4, 0.5) is 11.6 Å². The highest BCUT2D eigenvalue weighted by Crippen LogP contribution is 2.37. The number of aromatic nitrogens is 2. The van der Waals surface area contributed by atoms with Crippen molar-refractivity contribution in [3.63, 3.8) is 0 Å². The van der Waals surface area contributed by atoms with Gasteiger partial charge in [-0.05, 0) is 32.1 Å². The minimum absolute atomic E-state index is 0.233. The summed E-state index contributed by atoms with van der Waals surface area (Å²) in [5, 5.41) is 4.62. The Morgan fingerprint density at radius 2 is 1.71 bits per heavy atom. The molecule has 2 N–H and O–H groups in total. The molecule has 3 rings (SSSR count). The molecule has 6 nitrogen and oxygen atoms in total. The zero-order valence-electron chi connectivity index (χ0n) is 12.6. The van der Waals surface area contributed by atoms with Gasteiger partial charge >= 0.3 is 0 Å². The Balaban J connectivity index is 2.06. The van der Waals surface area contributed by atoms with Crippen molar-refractivity contribution in [3.8, 4) is 0 Å². The Kier molecular flexibility index (Phi) is 3.86. The summed E-state index contributed by atoms with van der Waals surface area (Å²) in [6, 6.07) is 0.254. The number of piperidine rings is 1. The molecule has 118 valence electrons. The van der Waals surface area contributed by atoms with Gasteiger partial charge in [0.15, 0.2) is 20.6 Å². The molecule has 2 aliphatic rings. The van der Waals surface area contributed by atoms with Crippen molar-refractivity contribution in [2.24, 2.45) is 0 Å². The van der Waals surface area contributed by atoms with E-state index in [1.54, 1.807) is 4.68 Å². The van der Waals surface area contributed by atoms with Gasteiger partial charge in [0.25, 0.3) is 0 Å². The van der Waals surface area contributed by atoms with Crippen molar-refractivity contribution in [2.45, 2.75) is 55.9 Å². The van der Waals surface area contributed by atoms with Gasteiger partial charge < -0.3 is 10.6 Å². The fraction of sp³-hybridized carbons (Fsp3) is 0.786. The van der Waals surface area contributed by atoms with E-state index in [-0.39, 0.29) is 10.9 Å². The lowest BCUT2D eigenvalue weighted by Gasteiger charge is -2.27. The van der Waals surface area contributed by atoms with E-state index in [9.17, 15) is 8.42 Å². The van der Waals surface area contributed by atoms with Crippen LogP contribution in [0.2, 0.25) is 0 Å². The van der Waals surface area contributed by atoms with Gasteiger partial charge in [-0.1, -0.05) is 12.8 Å². The first-order chi connectivity index (χ1) is 9.98. The largest absolute Gasteiger partial charge is 0.383 e. The van der Waals surface area contributed by atoms with Gasteiger partial charge in [-0.2, -0.15) is 5.10 Å². The molecule has 1 aromatic heterocycles. The van der Waals surface area contributed by atoms with E-state index >= 15 is 0 Å². The number of hydrogen-bond donors (Lipinski definition) is 1. The summed E-state index contributed by atoms with van der Waals surface area (Å²) in [6.07, 6.45) is 8.99. The molecule has 0 amide bonds. The van der Waals surface area contributed by atoms with Crippen LogP contribution in [0.5, 0.6) is 0 Å². The van der Waals surface area contributed by atoms with Crippen molar-refractivity contribution in [1.82, 2.24) is 9.78 Å². The Morgan fingerprint density at radius 3 is 2.29 bits per heavy atom. The second kappa shape index (κ2) is 5.51. The van der Waals surface area contributed by atoms with Gasteiger partial charge in [0.05, 0.1) is 6.04 Å². The first-order valence-corrected chi connectivity index (χ1v) is 9.70. The molecule has 21 heavy (non-hydrogen) atoms. The van der Waals surface area contributed by atoms with Crippen LogP contribution in [0, 0.1) is 0 Å². The van der Waals surface area contributed by atoms with Crippen molar-refractivity contribution in [1.29, 1.82) is 0 Å². The molecule has 1 aromatic rings. The van der Waals surface area contributed by atoms with Crippen molar-refractivity contribution in [2.75, 3.05) is 30.0 Å². The first-order valence-electron chi connectivity index (χ1n) is 7.81. The molecule has 7 heteroatoms. The van der Waals surface area contributed by atoms with E-state index in [2.05, 4.69) is 10.00 Å². The lowest BCUT2D eigenvalue weighted by Crippen LogP contribution is -2.31. The van der Waals surface area contributed by atoms with E-state index in [0.29, 0.717) is 11.6 Å². The highest BCUT2D eigenvalue weighted by Gasteiger charge is 2.31. The van der Waals surface area contributed by atoms with E-state index in [0.717, 1.165) is 51.6 Å². The third-order valence-corrected chi connectivity index (χ3v) is 5.72. The van der Waals surface area contributed by atoms with E-state index in [4.69, 9.17) is 5.73 Å². The standard InChI is InChI=1S/C14H24N4O2S/c1-21(19,20)12-13(15)18(11-7-3-4-8-11)16-14(12)17-9-5-2-6-10-17/h11H,2-10,15H2,1H3. The smallest absolute Gasteiger partial charge is 0.182 e. The highest BCUT2D eigenvalue weighted by molar-refractivity contribution is 7.91. The van der Waals surface area contributed by atoms with Crippen LogP contribution >= 0.6 is 0 Å². The van der Waals surface area contributed by atoms with E-state index in [1.807, 2.05) is 0 Å². The summed E-state index contributed by atoms with van der Waals surface area (Å²) in [5.74, 6) is 0.895. The number of rotatable bonds is 3. The lowest BCUT2D eigenvalue weighted by molar-refractivity contribution is 0.470. The number of nitrogens with zero attached hydrogens (tertiary/aromatic N) is 3. The first kappa shape index (κ1) is 14.7. The lowest BCUT2D eigenvalue weighted by atomic mass is 10.1. The Bertz CT molecular complexity index is 611. The van der Waals surface area contributed by atoms with Crippen LogP contribution in [-0.2, 0) is 9.84 Å². The second-order valence-corrected chi connectivity index (χ2v) is 8.19. The highest BCUT2D eigenvalue weighted by atomic mass is 32.2. The summed E-state index contributed by atoms with van der Waals surface area (Å²) in [5.41, 5.74) is 6.17. The number of hydrogen-bond acceptors (Lipinski definition) is 5. The third-order valence-electron chi connectivity index (χ3n) is 4.58. The van der Waals surface area contributed by atoms with E-state index < -0.39 is 9.84 Å². The maximum Gasteiger partial charge on any atom is 0.182 e. The molecule has 1 aliphatic carbocycles. The predicted molar refractivity (Wildman–Crippen MR) is 83.3 cm³/mol. The van der Waals surface area contributed by atoms with Gasteiger partial charge in [0.1, 0.15) is 5.82 Å². The topological polar surface area (TPSA) is 81.2 Å². The van der Waals surface area contributed by atoms with Crippen molar-refractivity contribution < 1.29 is 8.42 Å². The van der Waals surface area contributed by atoms with Gasteiger partial charge in [-0.3, -0.25) is 0 Å². The summed E-state index contributed by atoms with van der Waals surface area (Å²) in [4.78, 5) is 2.32. The molecular weight excluding hydrogens is 288 g/mol. The molecule has 2 heterocycles. The molecule has 0 atom stereocenters. The van der Waals surface area contributed by atoms with Gasteiger partial charge in [-0.15, -0.1) is 0 Å². The van der Waals surface area contributed by atoms with Crippen molar-refractivity contribution >= 4 is 21.5 Å². The average molecular weight is 312 g/mol. The summed E-state index contributed by atoms with van der Waals surface area (Å²) in [7, 11) is -3.37. The molecule has 2 fully saturated rings. The molecule has 1 saturated carbocycles. The Hall–Kier alpha value is -1.24. The second-order valence-electron chi connectivity index (χ2n) is 6.24. The molecule has 1 aliphatic heterocycles. The molecule has 1 saturated heterocycles. The molecule has 0 bridgehead atoms. The van der Waals surface area contributed by atoms with E-state index in [1.165, 1.54) is 12.7 Å². The molecular formula is C14H24N4O2S. The molecule has 0 aromatic carbocycles. The zero-order chi connectivity index (χ0) is 15.0. The van der Waals surface area contributed by atoms with Gasteiger partial charge in [0, 0.05) is 19.3 Å². The fourth-order valence-corrected chi connectivity index (χ4v) is 4.49. The average Bonchev–Trinajstić information content (AvgIpc) is 3.06. The normalized spacial score (nSPS) is 21.1. The predicted octanol–water partition coefficient (Wildman–Crippen LogP) is 1.97. The summed E-state index contributed by atoms with van der Waals surface area (Å²) >= 11 is 0. The number of nitrogens with two attached hydrogens (primary N) is 1. The number of nitrogen functional groups attached to an aromatic ring is 1. The Labute approximate surface area is 126 Å². The monoisotopic (exact) mass is 312 g/mol. The number of sulfone groups is 1. The molecule has 0 unspecified atom stereocenters. The Morgan fingerprint density at radius 1 is 1.10 bits per heavy atom. The van der Waals surface area contributed by atoms with Crippen LogP contribution in [0.25, 0.3) is 0 Å². The number of anilines is 2. The SMILES string of the molecule is CS(=O)(=O)c1c(N2CCCCC2)nn(C2CCCC2)c1N. The van der Waals surface area contributed by atoms with Crippen LogP contribution in [0.15, 0.2) is 4.90 Å². The molecule has 0 spiro atoms. The van der Waals surface area contributed by atoms with Crippen LogP contribution in [0.1, 0.15) is 51.0 Å². The molecule has 0 radical (unpaired) electrons. The fourth-order valence-electron chi connectivity index (χ4n) is 3.52. The minimum atomic E-state index is -3.37. The van der Waals surface area contributed by atoms with Crippen LogP contribution in [0.3, 0.4) is 0 Å². The van der Waals surface area contributed by atoms with Gasteiger partial charge in [-0.25, -0.2) is 13.1 Å². The zero-order valence-corrected chi connectivity index (χ0v) is 13.4. The van der Waals surface area contributed by atoms with Crippen molar-refractivity contribution in [3.05, 3.63) is 0 Å². The minimum Gasteiger partial charge on any atom is -0.383 e. The maximum atomic E-state index is 12.2. The quantitative estimate of drug-likeness (QED) is 0.923. The van der Waals surface area contributed by atoms with Gasteiger partial charge in [0.2, 0.25) is 0 Å². The van der Waals surface area contributed by atoms with Crippen LogP contribution in [-0.4, -0.2) is 37.5 Å². The summed E-state index contributed by atoms with van der Waals surface area (Å²) in [6.45, 7) is 1.73. The maximum absolute atomic E-state index is 12.2. The third kappa shape index (κ3) is 2.75. The summed E-state index contributed by atoms with van der Waals surface area (Å²) < 4.78 is 26.1. The van der Waals surface area contributed by atoms with Crippen LogP contribution < -0.4 is 10.6 Å².